The van der Waals surface area contributed by atoms with Gasteiger partial charge in [0.1, 0.15) is 5.75 Å². The number of hydrogen-bond donors (Lipinski definition) is 0. The van der Waals surface area contributed by atoms with Crippen molar-refractivity contribution in [2.24, 2.45) is 0 Å². The second-order valence-electron chi connectivity index (χ2n) is 2.37. The molecule has 0 amide bonds. The van der Waals surface area contributed by atoms with Crippen molar-refractivity contribution >= 4 is 12.0 Å². The first-order valence-corrected chi connectivity index (χ1v) is 4.13. The number of rotatable bonds is 2. The zero-order chi connectivity index (χ0) is 11.0. The molecule has 0 spiro atoms. The Balaban J connectivity index is 0.000000791. The first kappa shape index (κ1) is 12.2. The molecule has 74 valence electrons. The van der Waals surface area contributed by atoms with Gasteiger partial charge in [-0.15, -0.1) is 13.2 Å². The maximum atomic E-state index is 10.5. The van der Waals surface area contributed by atoms with E-state index in [-0.39, 0.29) is 5.97 Å². The Morgan fingerprint density at radius 1 is 1.29 bits per heavy atom. The van der Waals surface area contributed by atoms with Gasteiger partial charge in [0.25, 0.3) is 0 Å². The standard InChI is InChI=1S/C10H10O2.C2H4/c1-3-9-4-6-10(7-5-9)12-8(2)11;1-2/h3-7H,1H2,2H3;1-2H2. The Kier molecular flexibility index (Phi) is 5.79. The van der Waals surface area contributed by atoms with Crippen molar-refractivity contribution in [1.82, 2.24) is 0 Å². The fourth-order valence-corrected chi connectivity index (χ4v) is 0.838. The third-order valence-corrected chi connectivity index (χ3v) is 1.38. The van der Waals surface area contributed by atoms with E-state index in [9.17, 15) is 4.79 Å². The van der Waals surface area contributed by atoms with Gasteiger partial charge in [-0.3, -0.25) is 4.79 Å². The summed E-state index contributed by atoms with van der Waals surface area (Å²) < 4.78 is 4.84. The van der Waals surface area contributed by atoms with E-state index in [1.54, 1.807) is 18.2 Å². The number of carbonyl (C=O) groups is 1. The first-order chi connectivity index (χ1) is 6.72. The molecule has 0 atom stereocenters. The molecule has 0 fully saturated rings. The fourth-order valence-electron chi connectivity index (χ4n) is 0.838. The van der Waals surface area contributed by atoms with Crippen LogP contribution in [0.15, 0.2) is 44.0 Å². The number of esters is 1. The van der Waals surface area contributed by atoms with Crippen molar-refractivity contribution < 1.29 is 9.53 Å². The zero-order valence-corrected chi connectivity index (χ0v) is 8.32. The molecule has 0 saturated carbocycles. The molecule has 0 radical (unpaired) electrons. The van der Waals surface area contributed by atoms with Crippen LogP contribution in [-0.4, -0.2) is 5.97 Å². The summed E-state index contributed by atoms with van der Waals surface area (Å²) in [6.07, 6.45) is 1.73. The number of carbonyl (C=O) groups excluding carboxylic acids is 1. The highest BCUT2D eigenvalue weighted by atomic mass is 16.5. The normalized spacial score (nSPS) is 8.07. The molecule has 0 N–H and O–H groups in total. The monoisotopic (exact) mass is 190 g/mol. The largest absolute Gasteiger partial charge is 0.427 e. The molecular formula is C12H14O2. The molecule has 0 heterocycles. The molecule has 1 rings (SSSR count). The van der Waals surface area contributed by atoms with Gasteiger partial charge in [0, 0.05) is 6.92 Å². The van der Waals surface area contributed by atoms with E-state index in [4.69, 9.17) is 4.74 Å². The van der Waals surface area contributed by atoms with Gasteiger partial charge in [0.2, 0.25) is 0 Å². The van der Waals surface area contributed by atoms with Gasteiger partial charge in [-0.1, -0.05) is 24.8 Å². The van der Waals surface area contributed by atoms with E-state index in [1.807, 2.05) is 12.1 Å². The van der Waals surface area contributed by atoms with Crippen LogP contribution in [0, 0.1) is 0 Å². The van der Waals surface area contributed by atoms with E-state index in [0.29, 0.717) is 5.75 Å². The summed E-state index contributed by atoms with van der Waals surface area (Å²) in [6.45, 7) is 11.0. The number of hydrogen-bond acceptors (Lipinski definition) is 2. The molecule has 1 aromatic rings. The molecule has 2 heteroatoms. The van der Waals surface area contributed by atoms with Crippen LogP contribution in [0.25, 0.3) is 6.08 Å². The van der Waals surface area contributed by atoms with E-state index >= 15 is 0 Å². The Bertz CT molecular complexity index is 299. The molecule has 0 saturated heterocycles. The molecule has 2 nitrogen and oxygen atoms in total. The van der Waals surface area contributed by atoms with Gasteiger partial charge in [0.15, 0.2) is 0 Å². The van der Waals surface area contributed by atoms with E-state index in [0.717, 1.165) is 5.56 Å². The molecule has 1 aromatic carbocycles. The van der Waals surface area contributed by atoms with E-state index in [1.165, 1.54) is 6.92 Å². The summed E-state index contributed by atoms with van der Waals surface area (Å²) in [5.74, 6) is 0.259. The maximum Gasteiger partial charge on any atom is 0.308 e. The molecule has 0 aliphatic carbocycles. The van der Waals surface area contributed by atoms with Gasteiger partial charge in [0.05, 0.1) is 0 Å². The summed E-state index contributed by atoms with van der Waals surface area (Å²) in [7, 11) is 0. The number of benzene rings is 1. The Morgan fingerprint density at radius 3 is 2.14 bits per heavy atom. The maximum absolute atomic E-state index is 10.5. The molecular weight excluding hydrogens is 176 g/mol. The van der Waals surface area contributed by atoms with Crippen molar-refractivity contribution in [2.45, 2.75) is 6.92 Å². The Hall–Kier alpha value is -1.83. The minimum atomic E-state index is -0.304. The zero-order valence-electron chi connectivity index (χ0n) is 8.32. The van der Waals surface area contributed by atoms with Crippen molar-refractivity contribution in [2.75, 3.05) is 0 Å². The van der Waals surface area contributed by atoms with Crippen LogP contribution in [0.4, 0.5) is 0 Å². The molecule has 0 bridgehead atoms. The molecule has 14 heavy (non-hydrogen) atoms. The van der Waals surface area contributed by atoms with Crippen LogP contribution >= 0.6 is 0 Å². The summed E-state index contributed by atoms with van der Waals surface area (Å²) >= 11 is 0. The predicted octanol–water partition coefficient (Wildman–Crippen LogP) is 3.06. The number of ether oxygens (including phenoxy) is 1. The van der Waals surface area contributed by atoms with Gasteiger partial charge in [-0.25, -0.2) is 0 Å². The third kappa shape index (κ3) is 4.26. The van der Waals surface area contributed by atoms with Crippen LogP contribution in [0.1, 0.15) is 12.5 Å². The smallest absolute Gasteiger partial charge is 0.308 e. The third-order valence-electron chi connectivity index (χ3n) is 1.38. The van der Waals surface area contributed by atoms with Gasteiger partial charge in [-0.05, 0) is 17.7 Å². The van der Waals surface area contributed by atoms with E-state index in [2.05, 4.69) is 19.7 Å². The molecule has 0 aliphatic rings. The highest BCUT2D eigenvalue weighted by Gasteiger charge is 1.95. The summed E-state index contributed by atoms with van der Waals surface area (Å²) in [5.41, 5.74) is 1.01. The second kappa shape index (κ2) is 6.66. The van der Waals surface area contributed by atoms with Crippen LogP contribution in [0.5, 0.6) is 5.75 Å². The molecule has 0 aromatic heterocycles. The minimum absolute atomic E-state index is 0.304. The lowest BCUT2D eigenvalue weighted by atomic mass is 10.2. The SMILES string of the molecule is C=C.C=Cc1ccc(OC(C)=O)cc1. The fraction of sp³-hybridized carbons (Fsp3) is 0.0833. The van der Waals surface area contributed by atoms with Crippen molar-refractivity contribution in [3.8, 4) is 5.75 Å². The van der Waals surface area contributed by atoms with Gasteiger partial charge < -0.3 is 4.74 Å². The quantitative estimate of drug-likeness (QED) is 0.407. The lowest BCUT2D eigenvalue weighted by molar-refractivity contribution is -0.131. The van der Waals surface area contributed by atoms with Gasteiger partial charge in [-0.2, -0.15) is 0 Å². The lowest BCUT2D eigenvalue weighted by Gasteiger charge is -1.99. The Morgan fingerprint density at radius 2 is 1.79 bits per heavy atom. The summed E-state index contributed by atoms with van der Waals surface area (Å²) in [5, 5.41) is 0. The first-order valence-electron chi connectivity index (χ1n) is 4.13. The van der Waals surface area contributed by atoms with Crippen LogP contribution in [0.3, 0.4) is 0 Å². The molecule has 0 aliphatic heterocycles. The van der Waals surface area contributed by atoms with Crippen molar-refractivity contribution in [3.63, 3.8) is 0 Å². The predicted molar refractivity (Wildman–Crippen MR) is 59.1 cm³/mol. The van der Waals surface area contributed by atoms with Crippen LogP contribution in [0.2, 0.25) is 0 Å². The van der Waals surface area contributed by atoms with Crippen LogP contribution < -0.4 is 4.74 Å². The minimum Gasteiger partial charge on any atom is -0.427 e. The second-order valence-corrected chi connectivity index (χ2v) is 2.37. The van der Waals surface area contributed by atoms with Crippen molar-refractivity contribution in [3.05, 3.63) is 49.6 Å². The van der Waals surface area contributed by atoms with Crippen molar-refractivity contribution in [1.29, 1.82) is 0 Å². The van der Waals surface area contributed by atoms with E-state index < -0.39 is 0 Å². The summed E-state index contributed by atoms with van der Waals surface area (Å²) in [6, 6.07) is 7.15. The highest BCUT2D eigenvalue weighted by Crippen LogP contribution is 2.12. The topological polar surface area (TPSA) is 26.3 Å². The van der Waals surface area contributed by atoms with Crippen LogP contribution in [-0.2, 0) is 4.79 Å². The summed E-state index contributed by atoms with van der Waals surface area (Å²) in [4.78, 5) is 10.5. The Labute approximate surface area is 84.5 Å². The van der Waals surface area contributed by atoms with Gasteiger partial charge >= 0.3 is 5.97 Å². The lowest BCUT2D eigenvalue weighted by Crippen LogP contribution is -2.00. The highest BCUT2D eigenvalue weighted by molar-refractivity contribution is 5.69. The molecule has 0 unspecified atom stereocenters. The average molecular weight is 190 g/mol. The average Bonchev–Trinajstić information content (AvgIpc) is 2.21.